The highest BCUT2D eigenvalue weighted by Crippen LogP contribution is 2.37. The highest BCUT2D eigenvalue weighted by Gasteiger charge is 2.41. The molecule has 0 spiro atoms. The summed E-state index contributed by atoms with van der Waals surface area (Å²) in [5.74, 6) is -2.35. The maximum Gasteiger partial charge on any atom is 0.290 e. The number of rotatable bonds is 4. The number of amides is 1. The van der Waals surface area contributed by atoms with Crippen LogP contribution in [0.5, 0.6) is 0 Å². The first kappa shape index (κ1) is 14.2. The molecule has 1 amide bonds. The Morgan fingerprint density at radius 3 is 2.70 bits per heavy atom. The van der Waals surface area contributed by atoms with Gasteiger partial charge in [0.05, 0.1) is 18.2 Å². The molecule has 6 heteroatoms. The minimum Gasteiger partial charge on any atom is -0.503 e. The summed E-state index contributed by atoms with van der Waals surface area (Å²) in [6, 6.07) is 4.59. The van der Waals surface area contributed by atoms with Gasteiger partial charge < -0.3 is 15.1 Å². The number of carbonyl (C=O) groups excluding carboxylic acids is 2. The van der Waals surface area contributed by atoms with Gasteiger partial charge in [-0.3, -0.25) is 9.59 Å². The van der Waals surface area contributed by atoms with E-state index in [-0.39, 0.29) is 18.7 Å². The molecule has 1 heterocycles. The van der Waals surface area contributed by atoms with Crippen LogP contribution in [0.25, 0.3) is 0 Å². The Labute approximate surface area is 114 Å². The van der Waals surface area contributed by atoms with Crippen LogP contribution in [0.15, 0.2) is 35.6 Å². The lowest BCUT2D eigenvalue weighted by atomic mass is 9.97. The lowest BCUT2D eigenvalue weighted by Gasteiger charge is -2.25. The SMILES string of the molecule is CC(=O)C1=C(O)C(=O)N(CCO)C1c1cccc(F)c1. The lowest BCUT2D eigenvalue weighted by molar-refractivity contribution is -0.129. The molecule has 0 fully saturated rings. The molecule has 1 aliphatic heterocycles. The van der Waals surface area contributed by atoms with Crippen LogP contribution in [0, 0.1) is 5.82 Å². The van der Waals surface area contributed by atoms with E-state index >= 15 is 0 Å². The van der Waals surface area contributed by atoms with Crippen LogP contribution in [0.1, 0.15) is 18.5 Å². The van der Waals surface area contributed by atoms with Crippen LogP contribution >= 0.6 is 0 Å². The van der Waals surface area contributed by atoms with Gasteiger partial charge in [-0.2, -0.15) is 0 Å². The van der Waals surface area contributed by atoms with Crippen LogP contribution in [-0.2, 0) is 9.59 Å². The van der Waals surface area contributed by atoms with Crippen LogP contribution in [0.3, 0.4) is 0 Å². The second-order valence-electron chi connectivity index (χ2n) is 4.50. The third-order valence-electron chi connectivity index (χ3n) is 3.19. The molecule has 1 aliphatic rings. The Morgan fingerprint density at radius 1 is 1.45 bits per heavy atom. The monoisotopic (exact) mass is 279 g/mol. The second-order valence-corrected chi connectivity index (χ2v) is 4.50. The summed E-state index contributed by atoms with van der Waals surface area (Å²) in [5, 5.41) is 18.8. The van der Waals surface area contributed by atoms with E-state index < -0.39 is 29.3 Å². The Hall–Kier alpha value is -2.21. The van der Waals surface area contributed by atoms with Crippen molar-refractivity contribution >= 4 is 11.7 Å². The molecule has 0 saturated carbocycles. The molecule has 0 radical (unpaired) electrons. The molecule has 1 aromatic carbocycles. The maximum atomic E-state index is 13.3. The molecule has 0 aliphatic carbocycles. The van der Waals surface area contributed by atoms with E-state index in [1.54, 1.807) is 6.07 Å². The molecule has 0 bridgehead atoms. The molecule has 1 aromatic rings. The first-order valence-electron chi connectivity index (χ1n) is 6.08. The number of benzene rings is 1. The van der Waals surface area contributed by atoms with Crippen molar-refractivity contribution in [1.82, 2.24) is 4.90 Å². The van der Waals surface area contributed by atoms with Crippen LogP contribution in [0.2, 0.25) is 0 Å². The molecule has 20 heavy (non-hydrogen) atoms. The molecule has 0 aromatic heterocycles. The van der Waals surface area contributed by atoms with Crippen molar-refractivity contribution in [2.24, 2.45) is 0 Å². The molecular weight excluding hydrogens is 265 g/mol. The lowest BCUT2D eigenvalue weighted by Crippen LogP contribution is -2.33. The molecule has 2 rings (SSSR count). The fraction of sp³-hybridized carbons (Fsp3) is 0.286. The fourth-order valence-electron chi connectivity index (χ4n) is 2.37. The quantitative estimate of drug-likeness (QED) is 0.865. The van der Waals surface area contributed by atoms with Crippen molar-refractivity contribution < 1.29 is 24.2 Å². The number of nitrogens with zero attached hydrogens (tertiary/aromatic N) is 1. The maximum absolute atomic E-state index is 13.3. The van der Waals surface area contributed by atoms with Gasteiger partial charge in [-0.15, -0.1) is 0 Å². The predicted molar refractivity (Wildman–Crippen MR) is 68.3 cm³/mol. The molecule has 2 N–H and O–H groups in total. The van der Waals surface area contributed by atoms with Crippen molar-refractivity contribution in [3.63, 3.8) is 0 Å². The topological polar surface area (TPSA) is 77.8 Å². The van der Waals surface area contributed by atoms with E-state index in [1.807, 2.05) is 0 Å². The number of halogens is 1. The molecule has 106 valence electrons. The third kappa shape index (κ3) is 2.30. The van der Waals surface area contributed by atoms with Crippen LogP contribution in [-0.4, -0.2) is 40.0 Å². The minimum atomic E-state index is -0.872. The van der Waals surface area contributed by atoms with Gasteiger partial charge in [0.2, 0.25) is 0 Å². The summed E-state index contributed by atoms with van der Waals surface area (Å²) < 4.78 is 13.3. The normalized spacial score (nSPS) is 18.9. The van der Waals surface area contributed by atoms with Crippen molar-refractivity contribution in [2.45, 2.75) is 13.0 Å². The highest BCUT2D eigenvalue weighted by atomic mass is 19.1. The van der Waals surface area contributed by atoms with E-state index in [2.05, 4.69) is 0 Å². The summed E-state index contributed by atoms with van der Waals surface area (Å²) in [7, 11) is 0. The minimum absolute atomic E-state index is 0.0547. The molecule has 5 nitrogen and oxygen atoms in total. The van der Waals surface area contributed by atoms with Crippen LogP contribution in [0.4, 0.5) is 4.39 Å². The van der Waals surface area contributed by atoms with Gasteiger partial charge in [-0.1, -0.05) is 12.1 Å². The van der Waals surface area contributed by atoms with E-state index in [4.69, 9.17) is 5.11 Å². The summed E-state index contributed by atoms with van der Waals surface area (Å²) >= 11 is 0. The summed E-state index contributed by atoms with van der Waals surface area (Å²) in [6.07, 6.45) is 0. The number of β-amino-alcohol motifs (C(OH)–C–C–N with tert-alkyl or cyclic N) is 1. The van der Waals surface area contributed by atoms with Gasteiger partial charge in [-0.05, 0) is 24.6 Å². The number of hydrogen-bond acceptors (Lipinski definition) is 4. The number of ketones is 1. The Morgan fingerprint density at radius 2 is 2.15 bits per heavy atom. The molecular formula is C14H14FNO4. The Balaban J connectivity index is 2.54. The zero-order valence-electron chi connectivity index (χ0n) is 10.8. The summed E-state index contributed by atoms with van der Waals surface area (Å²) in [5.41, 5.74) is 0.301. The van der Waals surface area contributed by atoms with Crippen molar-refractivity contribution in [1.29, 1.82) is 0 Å². The van der Waals surface area contributed by atoms with Gasteiger partial charge in [0.15, 0.2) is 11.5 Å². The summed E-state index contributed by atoms with van der Waals surface area (Å²) in [6.45, 7) is 0.852. The average Bonchev–Trinajstić information content (AvgIpc) is 2.64. The zero-order chi connectivity index (χ0) is 14.9. The van der Waals surface area contributed by atoms with E-state index in [9.17, 15) is 19.1 Å². The van der Waals surface area contributed by atoms with E-state index in [0.29, 0.717) is 5.56 Å². The van der Waals surface area contributed by atoms with E-state index in [1.165, 1.54) is 25.1 Å². The van der Waals surface area contributed by atoms with E-state index in [0.717, 1.165) is 4.90 Å². The van der Waals surface area contributed by atoms with Crippen LogP contribution < -0.4 is 0 Å². The largest absolute Gasteiger partial charge is 0.503 e. The third-order valence-corrected chi connectivity index (χ3v) is 3.19. The average molecular weight is 279 g/mol. The standard InChI is InChI=1S/C14H14FNO4/c1-8(18)11-12(9-3-2-4-10(15)7-9)16(5-6-17)14(20)13(11)19/h2-4,7,12,17,19H,5-6H2,1H3. The van der Waals surface area contributed by atoms with Crippen molar-refractivity contribution in [2.75, 3.05) is 13.2 Å². The first-order chi connectivity index (χ1) is 9.47. The van der Waals surface area contributed by atoms with Gasteiger partial charge in [0.25, 0.3) is 5.91 Å². The van der Waals surface area contributed by atoms with Crippen molar-refractivity contribution in [3.05, 3.63) is 47.0 Å². The predicted octanol–water partition coefficient (Wildman–Crippen LogP) is 1.10. The Kier molecular flexibility index (Phi) is 3.85. The second kappa shape index (κ2) is 5.42. The zero-order valence-corrected chi connectivity index (χ0v) is 10.8. The molecule has 1 unspecified atom stereocenters. The number of hydrogen-bond donors (Lipinski definition) is 2. The number of aliphatic hydroxyl groups excluding tert-OH is 2. The first-order valence-corrected chi connectivity index (χ1v) is 6.08. The molecule has 0 saturated heterocycles. The fourth-order valence-corrected chi connectivity index (χ4v) is 2.37. The van der Waals surface area contributed by atoms with Gasteiger partial charge in [0.1, 0.15) is 5.82 Å². The van der Waals surface area contributed by atoms with Gasteiger partial charge in [0, 0.05) is 6.54 Å². The highest BCUT2D eigenvalue weighted by molar-refractivity contribution is 6.08. The Bertz CT molecular complexity index is 597. The number of aliphatic hydroxyl groups is 2. The van der Waals surface area contributed by atoms with Crippen molar-refractivity contribution in [3.8, 4) is 0 Å². The molecule has 1 atom stereocenters. The number of Topliss-reactive ketones (excluding diaryl/α,β-unsaturated/α-hetero) is 1. The summed E-state index contributed by atoms with van der Waals surface area (Å²) in [4.78, 5) is 24.8. The van der Waals surface area contributed by atoms with Gasteiger partial charge >= 0.3 is 0 Å². The number of carbonyl (C=O) groups is 2. The van der Waals surface area contributed by atoms with Gasteiger partial charge in [-0.25, -0.2) is 4.39 Å². The smallest absolute Gasteiger partial charge is 0.290 e.